The Morgan fingerprint density at radius 3 is 2.85 bits per heavy atom. The minimum Gasteiger partial charge on any atom is -0.384 e. The van der Waals surface area contributed by atoms with Gasteiger partial charge in [0.05, 0.1) is 11.1 Å². The van der Waals surface area contributed by atoms with Crippen molar-refractivity contribution in [1.82, 2.24) is 9.97 Å². The van der Waals surface area contributed by atoms with Gasteiger partial charge >= 0.3 is 0 Å². The molecule has 13 heavy (non-hydrogen) atoms. The van der Waals surface area contributed by atoms with Crippen LogP contribution in [0.3, 0.4) is 0 Å². The first kappa shape index (κ1) is 10.8. The van der Waals surface area contributed by atoms with E-state index in [1.165, 1.54) is 0 Å². The van der Waals surface area contributed by atoms with Crippen molar-refractivity contribution in [3.63, 3.8) is 0 Å². The second kappa shape index (κ2) is 4.83. The number of nitrogens with one attached hydrogen (secondary N) is 1. The minimum absolute atomic E-state index is 0.599. The Morgan fingerprint density at radius 1 is 1.62 bits per heavy atom. The van der Waals surface area contributed by atoms with Crippen LogP contribution >= 0.6 is 28.1 Å². The zero-order valence-electron chi connectivity index (χ0n) is 7.56. The van der Waals surface area contributed by atoms with Crippen molar-refractivity contribution in [1.29, 1.82) is 0 Å². The zero-order chi connectivity index (χ0) is 9.84. The predicted octanol–water partition coefficient (Wildman–Crippen LogP) is 2.40. The van der Waals surface area contributed by atoms with Gasteiger partial charge in [0.2, 0.25) is 0 Å². The number of aryl methyl sites for hydroxylation is 1. The smallest absolute Gasteiger partial charge is 0.144 e. The standard InChI is InChI=1S/C8H11BrN2OS/c1-5-7(9)8(13)11-6(10-5)3-4-12-2/h3-4H2,1-2H3,(H,10,11,13). The number of ether oxygens (including phenoxy) is 1. The summed E-state index contributed by atoms with van der Waals surface area (Å²) in [4.78, 5) is 7.35. The van der Waals surface area contributed by atoms with Crippen LogP contribution in [0.15, 0.2) is 4.47 Å². The van der Waals surface area contributed by atoms with E-state index in [4.69, 9.17) is 17.0 Å². The first-order valence-electron chi connectivity index (χ1n) is 3.89. The number of hydrogen-bond acceptors (Lipinski definition) is 3. The Labute approximate surface area is 90.7 Å². The van der Waals surface area contributed by atoms with Crippen molar-refractivity contribution < 1.29 is 4.74 Å². The van der Waals surface area contributed by atoms with Crippen LogP contribution in [0.25, 0.3) is 0 Å². The van der Waals surface area contributed by atoms with Gasteiger partial charge in [-0.25, -0.2) is 4.98 Å². The van der Waals surface area contributed by atoms with Crippen molar-refractivity contribution in [2.75, 3.05) is 13.7 Å². The highest BCUT2D eigenvalue weighted by Crippen LogP contribution is 2.14. The third kappa shape index (κ3) is 2.86. The minimum atomic E-state index is 0.599. The van der Waals surface area contributed by atoms with Gasteiger partial charge in [0, 0.05) is 19.2 Å². The Kier molecular flexibility index (Phi) is 4.02. The maximum absolute atomic E-state index is 5.06. The highest BCUT2D eigenvalue weighted by atomic mass is 79.9. The predicted molar refractivity (Wildman–Crippen MR) is 57.4 cm³/mol. The summed E-state index contributed by atoms with van der Waals surface area (Å²) in [6.07, 6.45) is 0.758. The van der Waals surface area contributed by atoms with E-state index in [9.17, 15) is 0 Å². The maximum Gasteiger partial charge on any atom is 0.144 e. The van der Waals surface area contributed by atoms with E-state index in [-0.39, 0.29) is 0 Å². The van der Waals surface area contributed by atoms with Crippen molar-refractivity contribution in [3.05, 3.63) is 20.6 Å². The van der Waals surface area contributed by atoms with E-state index in [1.54, 1.807) is 7.11 Å². The number of rotatable bonds is 3. The van der Waals surface area contributed by atoms with Gasteiger partial charge in [-0.3, -0.25) is 0 Å². The van der Waals surface area contributed by atoms with Gasteiger partial charge in [0.15, 0.2) is 0 Å². The molecule has 1 aromatic heterocycles. The van der Waals surface area contributed by atoms with Gasteiger partial charge in [0.1, 0.15) is 10.5 Å². The van der Waals surface area contributed by atoms with Crippen LogP contribution in [0.2, 0.25) is 0 Å². The number of hydrogen-bond donors (Lipinski definition) is 1. The Hall–Kier alpha value is -0.260. The molecular formula is C8H11BrN2OS. The fourth-order valence-electron chi connectivity index (χ4n) is 0.948. The van der Waals surface area contributed by atoms with E-state index in [0.717, 1.165) is 22.4 Å². The summed E-state index contributed by atoms with van der Waals surface area (Å²) in [6, 6.07) is 0. The van der Waals surface area contributed by atoms with Crippen LogP contribution in [0.1, 0.15) is 11.5 Å². The van der Waals surface area contributed by atoms with Crippen LogP contribution in [0, 0.1) is 11.6 Å². The van der Waals surface area contributed by atoms with Crippen molar-refractivity contribution in [2.45, 2.75) is 13.3 Å². The summed E-state index contributed by atoms with van der Waals surface area (Å²) in [7, 11) is 1.67. The molecule has 0 amide bonds. The highest BCUT2D eigenvalue weighted by Gasteiger charge is 2.01. The molecule has 0 unspecified atom stereocenters. The summed E-state index contributed by atoms with van der Waals surface area (Å²) in [5.41, 5.74) is 1.01. The molecule has 1 rings (SSSR count). The van der Waals surface area contributed by atoms with E-state index >= 15 is 0 Å². The van der Waals surface area contributed by atoms with E-state index in [2.05, 4.69) is 25.9 Å². The molecule has 0 bridgehead atoms. The fourth-order valence-corrected chi connectivity index (χ4v) is 1.40. The van der Waals surface area contributed by atoms with Crippen molar-refractivity contribution in [3.8, 4) is 0 Å². The second-order valence-corrected chi connectivity index (χ2v) is 3.85. The lowest BCUT2D eigenvalue weighted by atomic mass is 10.4. The first-order chi connectivity index (χ1) is 6.15. The summed E-state index contributed by atoms with van der Waals surface area (Å²) in [5, 5.41) is 0. The monoisotopic (exact) mass is 262 g/mol. The molecule has 0 saturated heterocycles. The fraction of sp³-hybridized carbons (Fsp3) is 0.500. The second-order valence-electron chi connectivity index (χ2n) is 2.67. The van der Waals surface area contributed by atoms with Crippen LogP contribution < -0.4 is 0 Å². The lowest BCUT2D eigenvalue weighted by molar-refractivity contribution is 0.200. The molecule has 1 N–H and O–H groups in total. The summed E-state index contributed by atoms with van der Waals surface area (Å²) in [6.45, 7) is 2.61. The average molecular weight is 263 g/mol. The number of nitrogens with zero attached hydrogens (tertiary/aromatic N) is 1. The lowest BCUT2D eigenvalue weighted by Crippen LogP contribution is -2.02. The van der Waals surface area contributed by atoms with Crippen molar-refractivity contribution in [2.24, 2.45) is 0 Å². The summed E-state index contributed by atoms with van der Waals surface area (Å²) >= 11 is 8.41. The third-order valence-corrected chi connectivity index (χ3v) is 3.16. The topological polar surface area (TPSA) is 37.9 Å². The molecule has 0 aliphatic heterocycles. The van der Waals surface area contributed by atoms with Gasteiger partial charge in [0.25, 0.3) is 0 Å². The van der Waals surface area contributed by atoms with Crippen molar-refractivity contribution >= 4 is 28.1 Å². The Morgan fingerprint density at radius 2 is 2.31 bits per heavy atom. The molecule has 5 heteroatoms. The Bertz CT molecular complexity index is 350. The number of aromatic nitrogens is 2. The quantitative estimate of drug-likeness (QED) is 0.851. The van der Waals surface area contributed by atoms with E-state index in [0.29, 0.717) is 11.2 Å². The molecule has 0 aliphatic carbocycles. The molecule has 0 aliphatic rings. The molecule has 0 saturated carbocycles. The molecular weight excluding hydrogens is 252 g/mol. The summed E-state index contributed by atoms with van der Waals surface area (Å²) < 4.78 is 6.41. The van der Waals surface area contributed by atoms with E-state index < -0.39 is 0 Å². The number of aromatic amines is 1. The van der Waals surface area contributed by atoms with Gasteiger partial charge in [-0.2, -0.15) is 0 Å². The van der Waals surface area contributed by atoms with Gasteiger partial charge in [-0.05, 0) is 22.9 Å². The molecule has 3 nitrogen and oxygen atoms in total. The van der Waals surface area contributed by atoms with Crippen LogP contribution in [-0.4, -0.2) is 23.7 Å². The van der Waals surface area contributed by atoms with Crippen LogP contribution in [0.5, 0.6) is 0 Å². The molecule has 0 aromatic carbocycles. The SMILES string of the molecule is COCCc1nc(=S)c(Br)c(C)[nH]1. The first-order valence-corrected chi connectivity index (χ1v) is 5.09. The van der Waals surface area contributed by atoms with E-state index in [1.807, 2.05) is 6.92 Å². The van der Waals surface area contributed by atoms with Crippen LogP contribution in [-0.2, 0) is 11.2 Å². The number of H-pyrrole nitrogens is 1. The Balaban J connectivity index is 2.93. The lowest BCUT2D eigenvalue weighted by Gasteiger charge is -2.03. The molecule has 0 fully saturated rings. The third-order valence-electron chi connectivity index (χ3n) is 1.63. The van der Waals surface area contributed by atoms with Gasteiger partial charge in [-0.1, -0.05) is 12.2 Å². The van der Waals surface area contributed by atoms with Crippen LogP contribution in [0.4, 0.5) is 0 Å². The molecule has 1 aromatic rings. The summed E-state index contributed by atoms with van der Waals surface area (Å²) in [5.74, 6) is 0.868. The maximum atomic E-state index is 5.06. The van der Waals surface area contributed by atoms with Gasteiger partial charge < -0.3 is 9.72 Å². The van der Waals surface area contributed by atoms with Gasteiger partial charge in [-0.15, -0.1) is 0 Å². The number of methoxy groups -OCH3 is 1. The molecule has 72 valence electrons. The zero-order valence-corrected chi connectivity index (χ0v) is 9.96. The largest absolute Gasteiger partial charge is 0.384 e. The normalized spacial score (nSPS) is 10.4. The average Bonchev–Trinajstić information content (AvgIpc) is 2.10. The number of halogens is 1. The molecule has 1 heterocycles. The molecule has 0 spiro atoms. The highest BCUT2D eigenvalue weighted by molar-refractivity contribution is 9.10. The molecule has 0 radical (unpaired) electrons. The molecule has 0 atom stereocenters.